The van der Waals surface area contributed by atoms with Crippen LogP contribution in [0.4, 0.5) is 5.69 Å². The van der Waals surface area contributed by atoms with Gasteiger partial charge in [0.25, 0.3) is 0 Å². The number of nitrogens with one attached hydrogen (secondary N) is 1. The normalized spacial score (nSPS) is 10.5. The topological polar surface area (TPSA) is 86.8 Å². The number of azo groups is 1. The average Bonchev–Trinajstić information content (AvgIpc) is 2.50. The monoisotopic (exact) mass is 340 g/mol. The summed E-state index contributed by atoms with van der Waals surface area (Å²) in [5.74, 6) is -0.0452. The first-order chi connectivity index (χ1) is 7.18. The van der Waals surface area contributed by atoms with Gasteiger partial charge in [-0.2, -0.15) is 0 Å². The Hall–Kier alpha value is -1.15. The Labute approximate surface area is 114 Å². The van der Waals surface area contributed by atoms with Crippen molar-refractivity contribution in [1.82, 2.24) is 4.98 Å². The van der Waals surface area contributed by atoms with Crippen molar-refractivity contribution in [3.63, 3.8) is 0 Å². The molecule has 2 aromatic rings. The third-order valence-electron chi connectivity index (χ3n) is 1.91. The molecule has 1 aromatic heterocycles. The number of para-hydroxylation sites is 1. The van der Waals surface area contributed by atoms with E-state index in [2.05, 4.69) is 27.4 Å². The van der Waals surface area contributed by atoms with E-state index >= 15 is 0 Å². The Morgan fingerprint density at radius 3 is 2.75 bits per heavy atom. The van der Waals surface area contributed by atoms with E-state index in [1.165, 1.54) is 0 Å². The molecule has 1 aromatic carbocycles. The van der Waals surface area contributed by atoms with E-state index < -0.39 is 0 Å². The number of nitrogens with two attached hydrogens (primary N) is 1. The first kappa shape index (κ1) is 12.9. The average molecular weight is 339 g/mol. The van der Waals surface area contributed by atoms with E-state index in [0.29, 0.717) is 5.69 Å². The van der Waals surface area contributed by atoms with Crippen molar-refractivity contribution in [2.75, 3.05) is 0 Å². The largest absolute Gasteiger partial charge is 0.493 e. The quantitative estimate of drug-likeness (QED) is 0.421. The Morgan fingerprint density at radius 1 is 1.38 bits per heavy atom. The van der Waals surface area contributed by atoms with Gasteiger partial charge in [0.05, 0.1) is 5.52 Å². The molecule has 0 aliphatic rings. The molecule has 80 valence electrons. The number of thiocarbonyl (C=S) groups is 1. The summed E-state index contributed by atoms with van der Waals surface area (Å²) in [6.45, 7) is 0. The fraction of sp³-hybridized carbons (Fsp3) is 0. The predicted molar refractivity (Wildman–Crippen MR) is 67.0 cm³/mol. The Morgan fingerprint density at radius 2 is 2.06 bits per heavy atom. The SMILES string of the molecule is NC(=S)N=Nc1c(O)[nH]c2ccccc12.[Sn]. The Bertz CT molecular complexity index is 551. The maximum absolute atomic E-state index is 9.55. The van der Waals surface area contributed by atoms with Crippen molar-refractivity contribution in [1.29, 1.82) is 0 Å². The molecular weight excluding hydrogens is 331 g/mol. The molecule has 0 aliphatic heterocycles. The smallest absolute Gasteiger partial charge is 0.218 e. The molecule has 4 N–H and O–H groups in total. The number of hydrogen-bond donors (Lipinski definition) is 3. The summed E-state index contributed by atoms with van der Waals surface area (Å²) in [4.78, 5) is 2.77. The third-order valence-corrected chi connectivity index (χ3v) is 1.99. The van der Waals surface area contributed by atoms with Crippen molar-refractivity contribution in [2.45, 2.75) is 0 Å². The van der Waals surface area contributed by atoms with Gasteiger partial charge in [-0.15, -0.1) is 10.2 Å². The third kappa shape index (κ3) is 2.50. The molecule has 0 saturated heterocycles. The van der Waals surface area contributed by atoms with Crippen LogP contribution >= 0.6 is 12.2 Å². The molecule has 0 bridgehead atoms. The van der Waals surface area contributed by atoms with Gasteiger partial charge >= 0.3 is 0 Å². The van der Waals surface area contributed by atoms with Crippen LogP contribution in [0.25, 0.3) is 10.9 Å². The summed E-state index contributed by atoms with van der Waals surface area (Å²) >= 11 is 4.56. The second-order valence-electron chi connectivity index (χ2n) is 2.91. The minimum atomic E-state index is -0.0697. The van der Waals surface area contributed by atoms with Crippen LogP contribution in [0.1, 0.15) is 0 Å². The van der Waals surface area contributed by atoms with Gasteiger partial charge < -0.3 is 15.8 Å². The van der Waals surface area contributed by atoms with Crippen LogP contribution in [0.2, 0.25) is 0 Å². The number of rotatable bonds is 1. The fourth-order valence-electron chi connectivity index (χ4n) is 1.31. The summed E-state index contributed by atoms with van der Waals surface area (Å²) in [7, 11) is 0. The molecule has 5 nitrogen and oxygen atoms in total. The number of aromatic amines is 1. The molecule has 0 amide bonds. The summed E-state index contributed by atoms with van der Waals surface area (Å²) in [5.41, 5.74) is 6.31. The molecular formula is C9H8N4OSSn. The summed E-state index contributed by atoms with van der Waals surface area (Å²) in [6.07, 6.45) is 0. The van der Waals surface area contributed by atoms with E-state index in [9.17, 15) is 5.11 Å². The number of nitrogens with zero attached hydrogens (tertiary/aromatic N) is 2. The van der Waals surface area contributed by atoms with Gasteiger partial charge in [0.2, 0.25) is 11.0 Å². The van der Waals surface area contributed by atoms with Crippen molar-refractivity contribution < 1.29 is 5.11 Å². The van der Waals surface area contributed by atoms with Gasteiger partial charge in [-0.1, -0.05) is 18.2 Å². The zero-order chi connectivity index (χ0) is 10.8. The Balaban J connectivity index is 0.00000128. The predicted octanol–water partition coefficient (Wildman–Crippen LogP) is 1.82. The van der Waals surface area contributed by atoms with Crippen LogP contribution < -0.4 is 5.73 Å². The van der Waals surface area contributed by atoms with Crippen LogP contribution in [0.15, 0.2) is 34.5 Å². The molecule has 0 spiro atoms. The van der Waals surface area contributed by atoms with Crippen LogP contribution in [-0.2, 0) is 0 Å². The van der Waals surface area contributed by atoms with Gasteiger partial charge in [0.15, 0.2) is 5.69 Å². The molecule has 16 heavy (non-hydrogen) atoms. The van der Waals surface area contributed by atoms with Crippen molar-refractivity contribution in [3.8, 4) is 5.88 Å². The second-order valence-corrected chi connectivity index (χ2v) is 3.32. The van der Waals surface area contributed by atoms with Gasteiger partial charge in [0.1, 0.15) is 0 Å². The molecule has 7 heteroatoms. The minimum Gasteiger partial charge on any atom is -0.493 e. The first-order valence-corrected chi connectivity index (χ1v) is 4.60. The molecule has 0 aliphatic carbocycles. The molecule has 0 unspecified atom stereocenters. The van der Waals surface area contributed by atoms with Crippen molar-refractivity contribution >= 4 is 57.8 Å². The number of aromatic hydroxyl groups is 1. The number of benzene rings is 1. The zero-order valence-electron chi connectivity index (χ0n) is 8.14. The van der Waals surface area contributed by atoms with Gasteiger partial charge in [-0.3, -0.25) is 0 Å². The zero-order valence-corrected chi connectivity index (χ0v) is 11.8. The van der Waals surface area contributed by atoms with Crippen molar-refractivity contribution in [3.05, 3.63) is 24.3 Å². The summed E-state index contributed by atoms with van der Waals surface area (Å²) in [6, 6.07) is 7.34. The van der Waals surface area contributed by atoms with Gasteiger partial charge in [-0.25, -0.2) is 0 Å². The molecule has 0 atom stereocenters. The minimum absolute atomic E-state index is 0. The Kier molecular flexibility index (Phi) is 4.25. The molecule has 2 rings (SSSR count). The van der Waals surface area contributed by atoms with Crippen LogP contribution in [0.3, 0.4) is 0 Å². The van der Waals surface area contributed by atoms with E-state index in [0.717, 1.165) is 10.9 Å². The second kappa shape index (κ2) is 5.26. The summed E-state index contributed by atoms with van der Waals surface area (Å²) < 4.78 is 0. The summed E-state index contributed by atoms with van der Waals surface area (Å²) in [5, 5.41) is 17.6. The molecule has 4 radical (unpaired) electrons. The van der Waals surface area contributed by atoms with Gasteiger partial charge in [0, 0.05) is 29.3 Å². The van der Waals surface area contributed by atoms with Crippen LogP contribution in [0, 0.1) is 0 Å². The van der Waals surface area contributed by atoms with E-state index in [-0.39, 0.29) is 34.9 Å². The number of fused-ring (bicyclic) bond motifs is 1. The van der Waals surface area contributed by atoms with E-state index in [4.69, 9.17) is 5.73 Å². The first-order valence-electron chi connectivity index (χ1n) is 4.19. The number of hydrogen-bond acceptors (Lipinski definition) is 3. The molecule has 0 fully saturated rings. The fourth-order valence-corrected chi connectivity index (χ4v) is 1.35. The van der Waals surface area contributed by atoms with Gasteiger partial charge in [-0.05, 0) is 18.3 Å². The maximum Gasteiger partial charge on any atom is 0.218 e. The van der Waals surface area contributed by atoms with E-state index in [1.807, 2.05) is 24.3 Å². The van der Waals surface area contributed by atoms with Crippen LogP contribution in [-0.4, -0.2) is 39.1 Å². The number of H-pyrrole nitrogens is 1. The standard InChI is InChI=1S/C9H8N4OS.Sn/c10-9(15)13-12-7-5-3-1-2-4-6(5)11-8(7)14;/h1-4,11,14H,(H2,10,15);. The molecule has 1 heterocycles. The maximum atomic E-state index is 9.55. The van der Waals surface area contributed by atoms with E-state index in [1.54, 1.807) is 0 Å². The van der Waals surface area contributed by atoms with Crippen molar-refractivity contribution in [2.24, 2.45) is 16.0 Å². The molecule has 0 saturated carbocycles. The van der Waals surface area contributed by atoms with Crippen LogP contribution in [0.5, 0.6) is 5.88 Å². The number of aromatic nitrogens is 1.